The molecular formula is C7H8F2IN3O. The maximum Gasteiger partial charge on any atom is 0.268 e. The van der Waals surface area contributed by atoms with Crippen LogP contribution in [-0.4, -0.2) is 35.9 Å². The van der Waals surface area contributed by atoms with Crippen molar-refractivity contribution in [1.82, 2.24) is 8.43 Å². The van der Waals surface area contributed by atoms with E-state index in [4.69, 9.17) is 5.26 Å². The zero-order valence-corrected chi connectivity index (χ0v) is 9.29. The number of halogens is 3. The molecule has 0 radical (unpaired) electrons. The number of alkyl halides is 2. The Labute approximate surface area is 93.7 Å². The van der Waals surface area contributed by atoms with E-state index in [1.807, 2.05) is 0 Å². The number of hydrogen-bond acceptors (Lipinski definition) is 3. The van der Waals surface area contributed by atoms with E-state index < -0.39 is 30.8 Å². The summed E-state index contributed by atoms with van der Waals surface area (Å²) in [5.41, 5.74) is 0. The van der Waals surface area contributed by atoms with Crippen molar-refractivity contribution >= 4 is 28.8 Å². The zero-order chi connectivity index (χ0) is 10.8. The maximum atomic E-state index is 12.9. The van der Waals surface area contributed by atoms with E-state index in [9.17, 15) is 13.6 Å². The van der Waals surface area contributed by atoms with Gasteiger partial charge < -0.3 is 4.90 Å². The van der Waals surface area contributed by atoms with Gasteiger partial charge in [0.2, 0.25) is 5.91 Å². The summed E-state index contributed by atoms with van der Waals surface area (Å²) in [5, 5.41) is 8.59. The number of carbonyl (C=O) groups excluding carboxylic acids is 1. The Kier molecular flexibility index (Phi) is 3.60. The highest BCUT2D eigenvalue weighted by atomic mass is 127. The van der Waals surface area contributed by atoms with Crippen LogP contribution in [0.5, 0.6) is 0 Å². The van der Waals surface area contributed by atoms with Gasteiger partial charge in [-0.1, -0.05) is 0 Å². The molecule has 1 fully saturated rings. The lowest BCUT2D eigenvalue weighted by atomic mass is 10.2. The number of carbonyl (C=O) groups is 1. The van der Waals surface area contributed by atoms with Crippen LogP contribution in [0.3, 0.4) is 0 Å². The molecule has 0 bridgehead atoms. The second-order valence-corrected chi connectivity index (χ2v) is 3.80. The van der Waals surface area contributed by atoms with Crippen LogP contribution in [0.2, 0.25) is 0 Å². The molecule has 78 valence electrons. The second kappa shape index (κ2) is 4.35. The Balaban J connectivity index is 2.70. The molecular weight excluding hydrogens is 307 g/mol. The number of nitriles is 1. The lowest BCUT2D eigenvalue weighted by Gasteiger charge is -2.18. The van der Waals surface area contributed by atoms with E-state index in [0.717, 1.165) is 4.90 Å². The first kappa shape index (κ1) is 11.6. The average Bonchev–Trinajstić information content (AvgIpc) is 2.41. The zero-order valence-electron chi connectivity index (χ0n) is 7.14. The number of nitrogens with zero attached hydrogens (tertiary/aromatic N) is 2. The highest BCUT2D eigenvalue weighted by Gasteiger charge is 2.46. The summed E-state index contributed by atoms with van der Waals surface area (Å²) in [6.45, 7) is -0.683. The predicted octanol–water partition coefficient (Wildman–Crippen LogP) is 0.686. The van der Waals surface area contributed by atoms with E-state index in [2.05, 4.69) is 3.53 Å². The average molecular weight is 315 g/mol. The van der Waals surface area contributed by atoms with Crippen LogP contribution in [0.4, 0.5) is 8.78 Å². The number of nitrogens with one attached hydrogen (secondary N) is 1. The highest BCUT2D eigenvalue weighted by molar-refractivity contribution is 14.1. The molecule has 0 saturated carbocycles. The fourth-order valence-corrected chi connectivity index (χ4v) is 1.68. The third-order valence-corrected chi connectivity index (χ3v) is 2.34. The first-order valence-electron chi connectivity index (χ1n) is 3.90. The van der Waals surface area contributed by atoms with Gasteiger partial charge >= 0.3 is 0 Å². The molecule has 0 aromatic rings. The van der Waals surface area contributed by atoms with E-state index in [-0.39, 0.29) is 6.54 Å². The molecule has 1 amide bonds. The van der Waals surface area contributed by atoms with E-state index in [0.29, 0.717) is 0 Å². The first-order valence-corrected chi connectivity index (χ1v) is 4.98. The molecule has 0 aromatic carbocycles. The van der Waals surface area contributed by atoms with Gasteiger partial charge in [-0.25, -0.2) is 8.78 Å². The van der Waals surface area contributed by atoms with Gasteiger partial charge in [-0.3, -0.25) is 8.32 Å². The van der Waals surface area contributed by atoms with Crippen LogP contribution in [-0.2, 0) is 4.79 Å². The number of likely N-dealkylation sites (tertiary alicyclic amines) is 1. The first-order chi connectivity index (χ1) is 6.50. The van der Waals surface area contributed by atoms with Gasteiger partial charge in [-0.05, 0) is 0 Å². The highest BCUT2D eigenvalue weighted by Crippen LogP contribution is 2.31. The van der Waals surface area contributed by atoms with Crippen LogP contribution < -0.4 is 3.53 Å². The summed E-state index contributed by atoms with van der Waals surface area (Å²) >= 11 is 1.75. The van der Waals surface area contributed by atoms with Crippen molar-refractivity contribution in [3.8, 4) is 6.07 Å². The molecule has 0 aliphatic carbocycles. The summed E-state index contributed by atoms with van der Waals surface area (Å²) in [5.74, 6) is -3.40. The summed E-state index contributed by atoms with van der Waals surface area (Å²) in [6, 6.07) is 0.706. The van der Waals surface area contributed by atoms with Crippen LogP contribution in [0, 0.1) is 11.3 Å². The molecule has 7 heteroatoms. The lowest BCUT2D eigenvalue weighted by molar-refractivity contribution is -0.131. The Morgan fingerprint density at radius 2 is 2.43 bits per heavy atom. The topological polar surface area (TPSA) is 56.1 Å². The van der Waals surface area contributed by atoms with Crippen molar-refractivity contribution in [3.05, 3.63) is 0 Å². The summed E-state index contributed by atoms with van der Waals surface area (Å²) in [4.78, 5) is 12.2. The summed E-state index contributed by atoms with van der Waals surface area (Å²) in [6.07, 6.45) is -0.559. The Hall–Kier alpha value is -0.490. The monoisotopic (exact) mass is 315 g/mol. The SMILES string of the molecule is N#CC1CC(F)(F)CN1C(=O)CNI. The van der Waals surface area contributed by atoms with Gasteiger partial charge in [0.05, 0.1) is 19.2 Å². The molecule has 1 N–H and O–H groups in total. The molecule has 14 heavy (non-hydrogen) atoms. The van der Waals surface area contributed by atoms with Crippen molar-refractivity contribution in [1.29, 1.82) is 5.26 Å². The second-order valence-electron chi connectivity index (χ2n) is 3.04. The van der Waals surface area contributed by atoms with Crippen LogP contribution in [0.1, 0.15) is 6.42 Å². The van der Waals surface area contributed by atoms with Gasteiger partial charge in [0, 0.05) is 29.3 Å². The molecule has 1 unspecified atom stereocenters. The van der Waals surface area contributed by atoms with Gasteiger partial charge in [0.25, 0.3) is 5.92 Å². The van der Waals surface area contributed by atoms with E-state index in [1.165, 1.54) is 0 Å². The number of rotatable bonds is 2. The predicted molar refractivity (Wildman–Crippen MR) is 52.7 cm³/mol. The van der Waals surface area contributed by atoms with Crippen molar-refractivity contribution in [2.75, 3.05) is 13.1 Å². The normalized spacial score (nSPS) is 24.7. The Morgan fingerprint density at radius 1 is 1.79 bits per heavy atom. The van der Waals surface area contributed by atoms with Crippen molar-refractivity contribution in [3.63, 3.8) is 0 Å². The Morgan fingerprint density at radius 3 is 2.93 bits per heavy atom. The Bertz CT molecular complexity index is 279. The van der Waals surface area contributed by atoms with Gasteiger partial charge in [0.15, 0.2) is 0 Å². The number of amides is 1. The van der Waals surface area contributed by atoms with Crippen LogP contribution in [0.15, 0.2) is 0 Å². The minimum absolute atomic E-state index is 0.0329. The fourth-order valence-electron chi connectivity index (χ4n) is 1.35. The largest absolute Gasteiger partial charge is 0.319 e. The number of hydrogen-bond donors (Lipinski definition) is 1. The minimum atomic E-state index is -2.93. The molecule has 1 aliphatic rings. The maximum absolute atomic E-state index is 12.9. The van der Waals surface area contributed by atoms with Gasteiger partial charge in [-0.15, -0.1) is 0 Å². The molecule has 1 heterocycles. The van der Waals surface area contributed by atoms with Crippen LogP contribution in [0.25, 0.3) is 0 Å². The van der Waals surface area contributed by atoms with Crippen LogP contribution >= 0.6 is 22.9 Å². The summed E-state index contributed by atoms with van der Waals surface area (Å²) in [7, 11) is 0. The standard InChI is InChI=1S/C7H8F2IN3O/c8-7(9)1-5(2-11)13(4-7)6(14)3-12-10/h5,12H,1,3-4H2. The molecule has 1 saturated heterocycles. The molecule has 1 atom stereocenters. The lowest BCUT2D eigenvalue weighted by Crippen LogP contribution is -2.39. The van der Waals surface area contributed by atoms with Gasteiger partial charge in [-0.2, -0.15) is 5.26 Å². The third-order valence-electron chi connectivity index (χ3n) is 1.96. The molecule has 4 nitrogen and oxygen atoms in total. The van der Waals surface area contributed by atoms with Gasteiger partial charge in [0.1, 0.15) is 6.04 Å². The smallest absolute Gasteiger partial charge is 0.268 e. The van der Waals surface area contributed by atoms with E-state index in [1.54, 1.807) is 28.9 Å². The molecule has 1 aliphatic heterocycles. The molecule has 0 spiro atoms. The van der Waals surface area contributed by atoms with E-state index >= 15 is 0 Å². The minimum Gasteiger partial charge on any atom is -0.319 e. The van der Waals surface area contributed by atoms with Crippen molar-refractivity contribution < 1.29 is 13.6 Å². The fraction of sp³-hybridized carbons (Fsp3) is 0.714. The summed E-state index contributed by atoms with van der Waals surface area (Å²) < 4.78 is 28.3. The third kappa shape index (κ3) is 2.51. The van der Waals surface area contributed by atoms with Crippen molar-refractivity contribution in [2.45, 2.75) is 18.4 Å². The molecule has 1 rings (SSSR count). The van der Waals surface area contributed by atoms with Crippen molar-refractivity contribution in [2.24, 2.45) is 0 Å². The quantitative estimate of drug-likeness (QED) is 0.602. The molecule has 0 aromatic heterocycles.